The molecule has 1 aromatic carbocycles. The van der Waals surface area contributed by atoms with Crippen LogP contribution >= 0.6 is 11.6 Å². The summed E-state index contributed by atoms with van der Waals surface area (Å²) in [5.41, 5.74) is 8.54. The fraction of sp³-hybridized carbons (Fsp3) is 0.647. The molecule has 1 aromatic rings. The molecule has 1 saturated heterocycles. The summed E-state index contributed by atoms with van der Waals surface area (Å²) in [7, 11) is 0. The molecule has 20 heavy (non-hydrogen) atoms. The van der Waals surface area contributed by atoms with E-state index >= 15 is 0 Å². The molecule has 2 nitrogen and oxygen atoms in total. The maximum atomic E-state index is 6.30. The molecule has 2 aliphatic rings. The number of fused-ring (bicyclic) bond motifs is 1. The van der Waals surface area contributed by atoms with E-state index in [0.717, 1.165) is 22.5 Å². The maximum Gasteiger partial charge on any atom is 0.0474 e. The predicted octanol–water partition coefficient (Wildman–Crippen LogP) is 3.91. The number of benzene rings is 1. The molecule has 1 aliphatic heterocycles. The van der Waals surface area contributed by atoms with E-state index in [1.54, 1.807) is 0 Å². The Balaban J connectivity index is 1.84. The summed E-state index contributed by atoms with van der Waals surface area (Å²) < 4.78 is 0. The SMILES string of the molecule is Cc1ccc(C(CN)N2CCC3CCCCC32)cc1Cl. The van der Waals surface area contributed by atoms with Crippen molar-refractivity contribution in [2.75, 3.05) is 13.1 Å². The highest BCUT2D eigenvalue weighted by Crippen LogP contribution is 2.40. The fourth-order valence-corrected chi connectivity index (χ4v) is 4.30. The van der Waals surface area contributed by atoms with Crippen LogP contribution in [0.1, 0.15) is 49.3 Å². The Morgan fingerprint density at radius 2 is 2.10 bits per heavy atom. The van der Waals surface area contributed by atoms with Gasteiger partial charge in [-0.1, -0.05) is 36.6 Å². The van der Waals surface area contributed by atoms with Gasteiger partial charge in [0.2, 0.25) is 0 Å². The van der Waals surface area contributed by atoms with Gasteiger partial charge in [-0.3, -0.25) is 4.90 Å². The normalized spacial score (nSPS) is 28.4. The lowest BCUT2D eigenvalue weighted by Crippen LogP contribution is -2.40. The highest BCUT2D eigenvalue weighted by atomic mass is 35.5. The zero-order chi connectivity index (χ0) is 14.1. The summed E-state index contributed by atoms with van der Waals surface area (Å²) in [5, 5.41) is 0.861. The molecule has 3 rings (SSSR count). The third-order valence-electron chi connectivity index (χ3n) is 5.26. The standard InChI is InChI=1S/C17H25ClN2/c1-12-6-7-14(10-15(12)18)17(11-19)20-9-8-13-4-2-3-5-16(13)20/h6-7,10,13,16-17H,2-5,8-9,11,19H2,1H3. The minimum atomic E-state index is 0.334. The molecule has 0 radical (unpaired) electrons. The molecule has 3 heteroatoms. The average molecular weight is 293 g/mol. The molecule has 0 amide bonds. The van der Waals surface area contributed by atoms with Gasteiger partial charge in [-0.15, -0.1) is 0 Å². The van der Waals surface area contributed by atoms with Crippen molar-refractivity contribution in [3.63, 3.8) is 0 Å². The van der Waals surface area contributed by atoms with Crippen molar-refractivity contribution >= 4 is 11.6 Å². The summed E-state index contributed by atoms with van der Waals surface area (Å²) in [5.74, 6) is 0.902. The summed E-state index contributed by atoms with van der Waals surface area (Å²) in [6.07, 6.45) is 6.90. The smallest absolute Gasteiger partial charge is 0.0474 e. The van der Waals surface area contributed by atoms with Crippen LogP contribution in [0.3, 0.4) is 0 Å². The molecule has 1 heterocycles. The Morgan fingerprint density at radius 3 is 2.85 bits per heavy atom. The van der Waals surface area contributed by atoms with Crippen molar-refractivity contribution in [2.24, 2.45) is 11.7 Å². The summed E-state index contributed by atoms with van der Waals surface area (Å²) in [4.78, 5) is 2.66. The van der Waals surface area contributed by atoms with Gasteiger partial charge in [0.15, 0.2) is 0 Å². The molecule has 0 spiro atoms. The Kier molecular flexibility index (Phi) is 4.34. The molecular weight excluding hydrogens is 268 g/mol. The van der Waals surface area contributed by atoms with Crippen molar-refractivity contribution in [1.82, 2.24) is 4.90 Å². The second-order valence-electron chi connectivity index (χ2n) is 6.40. The van der Waals surface area contributed by atoms with Gasteiger partial charge < -0.3 is 5.73 Å². The first-order valence-corrected chi connectivity index (χ1v) is 8.30. The van der Waals surface area contributed by atoms with E-state index in [4.69, 9.17) is 17.3 Å². The summed E-state index contributed by atoms with van der Waals surface area (Å²) in [6, 6.07) is 7.52. The Morgan fingerprint density at radius 1 is 1.30 bits per heavy atom. The lowest BCUT2D eigenvalue weighted by atomic mass is 9.84. The first-order valence-electron chi connectivity index (χ1n) is 7.92. The van der Waals surface area contributed by atoms with Crippen LogP contribution in [-0.4, -0.2) is 24.0 Å². The van der Waals surface area contributed by atoms with Crippen molar-refractivity contribution < 1.29 is 0 Å². The Bertz CT molecular complexity index is 474. The maximum absolute atomic E-state index is 6.30. The Labute approximate surface area is 127 Å². The second-order valence-corrected chi connectivity index (χ2v) is 6.81. The third kappa shape index (κ3) is 2.61. The lowest BCUT2D eigenvalue weighted by Gasteiger charge is -2.37. The quantitative estimate of drug-likeness (QED) is 0.915. The number of nitrogens with zero attached hydrogens (tertiary/aromatic N) is 1. The highest BCUT2D eigenvalue weighted by molar-refractivity contribution is 6.31. The minimum Gasteiger partial charge on any atom is -0.329 e. The largest absolute Gasteiger partial charge is 0.329 e. The lowest BCUT2D eigenvalue weighted by molar-refractivity contribution is 0.135. The first-order chi connectivity index (χ1) is 9.70. The van der Waals surface area contributed by atoms with Crippen LogP contribution in [-0.2, 0) is 0 Å². The first kappa shape index (κ1) is 14.4. The number of nitrogens with two attached hydrogens (primary N) is 1. The predicted molar refractivity (Wildman–Crippen MR) is 85.1 cm³/mol. The summed E-state index contributed by atoms with van der Waals surface area (Å²) >= 11 is 6.30. The van der Waals surface area contributed by atoms with E-state index in [0.29, 0.717) is 12.6 Å². The van der Waals surface area contributed by atoms with E-state index < -0.39 is 0 Å². The second kappa shape index (κ2) is 6.05. The van der Waals surface area contributed by atoms with Gasteiger partial charge in [0.05, 0.1) is 0 Å². The van der Waals surface area contributed by atoms with Gasteiger partial charge in [-0.25, -0.2) is 0 Å². The van der Waals surface area contributed by atoms with Gasteiger partial charge in [-0.05, 0) is 55.8 Å². The van der Waals surface area contributed by atoms with E-state index in [1.165, 1.54) is 44.2 Å². The minimum absolute atomic E-state index is 0.334. The van der Waals surface area contributed by atoms with Gasteiger partial charge in [0.25, 0.3) is 0 Å². The molecular formula is C17H25ClN2. The van der Waals surface area contributed by atoms with Crippen molar-refractivity contribution in [3.05, 3.63) is 34.3 Å². The van der Waals surface area contributed by atoms with Crippen LogP contribution < -0.4 is 5.73 Å². The molecule has 3 atom stereocenters. The number of hydrogen-bond acceptors (Lipinski definition) is 2. The van der Waals surface area contributed by atoms with Crippen LogP contribution in [0, 0.1) is 12.8 Å². The van der Waals surface area contributed by atoms with Crippen molar-refractivity contribution in [3.8, 4) is 0 Å². The zero-order valence-electron chi connectivity index (χ0n) is 12.3. The molecule has 1 aliphatic carbocycles. The van der Waals surface area contributed by atoms with Crippen molar-refractivity contribution in [2.45, 2.75) is 51.1 Å². The van der Waals surface area contributed by atoms with E-state index in [-0.39, 0.29) is 0 Å². The third-order valence-corrected chi connectivity index (χ3v) is 5.66. The molecule has 1 saturated carbocycles. The Hall–Kier alpha value is -0.570. The fourth-order valence-electron chi connectivity index (χ4n) is 4.11. The van der Waals surface area contributed by atoms with Gasteiger partial charge in [-0.2, -0.15) is 0 Å². The van der Waals surface area contributed by atoms with Crippen LogP contribution in [0.15, 0.2) is 18.2 Å². The van der Waals surface area contributed by atoms with E-state index in [9.17, 15) is 0 Å². The number of rotatable bonds is 3. The van der Waals surface area contributed by atoms with Crippen LogP contribution in [0.4, 0.5) is 0 Å². The van der Waals surface area contributed by atoms with E-state index in [1.807, 2.05) is 0 Å². The van der Waals surface area contributed by atoms with E-state index in [2.05, 4.69) is 30.0 Å². The summed E-state index contributed by atoms with van der Waals surface area (Å²) in [6.45, 7) is 3.93. The average Bonchev–Trinajstić information content (AvgIpc) is 2.88. The monoisotopic (exact) mass is 292 g/mol. The number of hydrogen-bond donors (Lipinski definition) is 1. The molecule has 0 aromatic heterocycles. The molecule has 0 bridgehead atoms. The molecule has 2 fully saturated rings. The van der Waals surface area contributed by atoms with Gasteiger partial charge in [0, 0.05) is 23.7 Å². The van der Waals surface area contributed by atoms with Crippen LogP contribution in [0.5, 0.6) is 0 Å². The van der Waals surface area contributed by atoms with Crippen LogP contribution in [0.25, 0.3) is 0 Å². The molecule has 110 valence electrons. The zero-order valence-corrected chi connectivity index (χ0v) is 13.1. The topological polar surface area (TPSA) is 29.3 Å². The number of halogens is 1. The van der Waals surface area contributed by atoms with Gasteiger partial charge >= 0.3 is 0 Å². The highest BCUT2D eigenvalue weighted by Gasteiger charge is 2.38. The molecule has 3 unspecified atom stereocenters. The number of aryl methyl sites for hydroxylation is 1. The van der Waals surface area contributed by atoms with Gasteiger partial charge in [0.1, 0.15) is 0 Å². The van der Waals surface area contributed by atoms with Crippen molar-refractivity contribution in [1.29, 1.82) is 0 Å². The molecule has 2 N–H and O–H groups in total. The van der Waals surface area contributed by atoms with Crippen LogP contribution in [0.2, 0.25) is 5.02 Å². The number of likely N-dealkylation sites (tertiary alicyclic amines) is 1.